The largest absolute Gasteiger partial charge is 0.444 e. The zero-order chi connectivity index (χ0) is 16.2. The predicted molar refractivity (Wildman–Crippen MR) is 86.9 cm³/mol. The van der Waals surface area contributed by atoms with Crippen molar-refractivity contribution in [2.45, 2.75) is 38.5 Å². The summed E-state index contributed by atoms with van der Waals surface area (Å²) >= 11 is 0. The Kier molecular flexibility index (Phi) is 5.56. The number of amides is 1. The van der Waals surface area contributed by atoms with Crippen molar-refractivity contribution in [2.24, 2.45) is 5.92 Å². The molecule has 1 aromatic heterocycles. The molecule has 6 heteroatoms. The van der Waals surface area contributed by atoms with Gasteiger partial charge in [0.05, 0.1) is 0 Å². The molecular formula is C16H24N2O3S. The topological polar surface area (TPSA) is 59.5 Å². The summed E-state index contributed by atoms with van der Waals surface area (Å²) in [6, 6.07) is 3.78. The maximum atomic E-state index is 12.2. The van der Waals surface area contributed by atoms with E-state index < -0.39 is 16.4 Å². The van der Waals surface area contributed by atoms with Crippen molar-refractivity contribution in [3.63, 3.8) is 0 Å². The quantitative estimate of drug-likeness (QED) is 0.854. The molecule has 1 amide bonds. The average molecular weight is 324 g/mol. The van der Waals surface area contributed by atoms with Crippen LogP contribution in [0.15, 0.2) is 24.5 Å². The van der Waals surface area contributed by atoms with Gasteiger partial charge in [0.15, 0.2) is 0 Å². The molecule has 122 valence electrons. The van der Waals surface area contributed by atoms with Crippen molar-refractivity contribution in [1.29, 1.82) is 0 Å². The summed E-state index contributed by atoms with van der Waals surface area (Å²) < 4.78 is 17.6. The molecule has 0 N–H and O–H groups in total. The Hall–Kier alpha value is -1.43. The lowest BCUT2D eigenvalue weighted by Crippen LogP contribution is -2.35. The first-order valence-corrected chi connectivity index (χ1v) is 9.04. The Morgan fingerprint density at radius 3 is 2.73 bits per heavy atom. The SMILES string of the molecule is CC(C)(C)OC(=O)N1CC[C@@H](C[S@@](=O)Cc2ccncc2)C1. The van der Waals surface area contributed by atoms with Crippen molar-refractivity contribution in [1.82, 2.24) is 9.88 Å². The Bertz CT molecular complexity index is 528. The van der Waals surface area contributed by atoms with Gasteiger partial charge in [0.25, 0.3) is 0 Å². The van der Waals surface area contributed by atoms with Gasteiger partial charge in [-0.15, -0.1) is 0 Å². The number of likely N-dealkylation sites (tertiary alicyclic amines) is 1. The van der Waals surface area contributed by atoms with Crippen LogP contribution in [0.1, 0.15) is 32.8 Å². The number of hydrogen-bond acceptors (Lipinski definition) is 4. The summed E-state index contributed by atoms with van der Waals surface area (Å²) in [6.07, 6.45) is 4.05. The van der Waals surface area contributed by atoms with E-state index in [9.17, 15) is 9.00 Å². The number of carbonyl (C=O) groups is 1. The first kappa shape index (κ1) is 16.9. The maximum absolute atomic E-state index is 12.2. The number of hydrogen-bond donors (Lipinski definition) is 0. The van der Waals surface area contributed by atoms with Crippen LogP contribution in [-0.4, -0.2) is 44.6 Å². The van der Waals surface area contributed by atoms with Crippen molar-refractivity contribution in [2.75, 3.05) is 18.8 Å². The lowest BCUT2D eigenvalue weighted by Gasteiger charge is -2.24. The standard InChI is InChI=1S/C16H24N2O3S/c1-16(2,3)21-15(19)18-9-6-14(10-18)12-22(20)11-13-4-7-17-8-5-13/h4-5,7-8,14H,6,9-12H2,1-3H3/t14-,22+/m1/s1. The number of carbonyl (C=O) groups excluding carboxylic acids is 1. The zero-order valence-corrected chi connectivity index (χ0v) is 14.3. The van der Waals surface area contributed by atoms with Crippen LogP contribution >= 0.6 is 0 Å². The molecule has 0 unspecified atom stereocenters. The van der Waals surface area contributed by atoms with Crippen molar-refractivity contribution < 1.29 is 13.7 Å². The zero-order valence-electron chi connectivity index (χ0n) is 13.4. The van der Waals surface area contributed by atoms with E-state index in [4.69, 9.17) is 4.74 Å². The van der Waals surface area contributed by atoms with Crippen LogP contribution in [-0.2, 0) is 21.3 Å². The highest BCUT2D eigenvalue weighted by Crippen LogP contribution is 2.21. The molecule has 1 aliphatic heterocycles. The van der Waals surface area contributed by atoms with E-state index in [0.717, 1.165) is 12.0 Å². The van der Waals surface area contributed by atoms with Gasteiger partial charge in [-0.2, -0.15) is 0 Å². The minimum Gasteiger partial charge on any atom is -0.444 e. The second-order valence-electron chi connectivity index (χ2n) is 6.69. The smallest absolute Gasteiger partial charge is 0.410 e. The summed E-state index contributed by atoms with van der Waals surface area (Å²) in [5.74, 6) is 1.46. The van der Waals surface area contributed by atoms with Gasteiger partial charge < -0.3 is 9.64 Å². The van der Waals surface area contributed by atoms with Gasteiger partial charge in [0, 0.05) is 47.8 Å². The van der Waals surface area contributed by atoms with Crippen LogP contribution in [0, 0.1) is 5.92 Å². The number of rotatable bonds is 4. The maximum Gasteiger partial charge on any atom is 0.410 e. The van der Waals surface area contributed by atoms with Gasteiger partial charge >= 0.3 is 6.09 Å². The third kappa shape index (κ3) is 5.40. The van der Waals surface area contributed by atoms with Gasteiger partial charge in [-0.1, -0.05) is 0 Å². The molecule has 1 aromatic rings. The number of aromatic nitrogens is 1. The molecule has 0 spiro atoms. The Morgan fingerprint density at radius 1 is 1.41 bits per heavy atom. The summed E-state index contributed by atoms with van der Waals surface area (Å²) in [5.41, 5.74) is 0.564. The molecule has 1 aliphatic rings. The van der Waals surface area contributed by atoms with Gasteiger partial charge in [0.1, 0.15) is 5.60 Å². The van der Waals surface area contributed by atoms with Crippen LogP contribution < -0.4 is 0 Å². The molecular weight excluding hydrogens is 300 g/mol. The third-order valence-electron chi connectivity index (χ3n) is 3.44. The van der Waals surface area contributed by atoms with Crippen molar-refractivity contribution >= 4 is 16.9 Å². The summed E-state index contributed by atoms with van der Waals surface area (Å²) in [5, 5.41) is 0. The van der Waals surface area contributed by atoms with E-state index >= 15 is 0 Å². The lowest BCUT2D eigenvalue weighted by atomic mass is 10.2. The van der Waals surface area contributed by atoms with E-state index in [1.807, 2.05) is 32.9 Å². The van der Waals surface area contributed by atoms with Gasteiger partial charge in [-0.3, -0.25) is 9.19 Å². The Balaban J connectivity index is 1.79. The summed E-state index contributed by atoms with van der Waals surface area (Å²) in [7, 11) is -0.915. The lowest BCUT2D eigenvalue weighted by molar-refractivity contribution is 0.0289. The first-order valence-electron chi connectivity index (χ1n) is 7.55. The summed E-state index contributed by atoms with van der Waals surface area (Å²) in [4.78, 5) is 17.7. The highest BCUT2D eigenvalue weighted by Gasteiger charge is 2.30. The molecule has 0 bridgehead atoms. The summed E-state index contributed by atoms with van der Waals surface area (Å²) in [6.45, 7) is 6.91. The van der Waals surface area contributed by atoms with Gasteiger partial charge in [0.2, 0.25) is 0 Å². The number of ether oxygens (including phenoxy) is 1. The Labute approximate surface area is 134 Å². The van der Waals surface area contributed by atoms with Crippen LogP contribution in [0.5, 0.6) is 0 Å². The highest BCUT2D eigenvalue weighted by molar-refractivity contribution is 7.84. The number of nitrogens with zero attached hydrogens (tertiary/aromatic N) is 2. The van der Waals surface area contributed by atoms with Crippen molar-refractivity contribution in [3.05, 3.63) is 30.1 Å². The molecule has 0 radical (unpaired) electrons. The second-order valence-corrected chi connectivity index (χ2v) is 8.19. The molecule has 0 saturated carbocycles. The normalized spacial score (nSPS) is 20.0. The van der Waals surface area contributed by atoms with E-state index in [0.29, 0.717) is 24.6 Å². The fourth-order valence-corrected chi connectivity index (χ4v) is 3.93. The molecule has 2 atom stereocenters. The van der Waals surface area contributed by atoms with E-state index in [-0.39, 0.29) is 12.0 Å². The van der Waals surface area contributed by atoms with Crippen LogP contribution in [0.4, 0.5) is 4.79 Å². The fraction of sp³-hybridized carbons (Fsp3) is 0.625. The van der Waals surface area contributed by atoms with Crippen LogP contribution in [0.25, 0.3) is 0 Å². The fourth-order valence-electron chi connectivity index (χ4n) is 2.45. The molecule has 0 aromatic carbocycles. The van der Waals surface area contributed by atoms with E-state index in [1.165, 1.54) is 0 Å². The predicted octanol–water partition coefficient (Wildman–Crippen LogP) is 2.59. The van der Waals surface area contributed by atoms with Crippen LogP contribution in [0.3, 0.4) is 0 Å². The van der Waals surface area contributed by atoms with E-state index in [1.54, 1.807) is 17.3 Å². The third-order valence-corrected chi connectivity index (χ3v) is 4.93. The molecule has 1 saturated heterocycles. The molecule has 0 aliphatic carbocycles. The Morgan fingerprint density at radius 2 is 2.09 bits per heavy atom. The van der Waals surface area contributed by atoms with Gasteiger partial charge in [-0.05, 0) is 50.8 Å². The highest BCUT2D eigenvalue weighted by atomic mass is 32.2. The second kappa shape index (κ2) is 7.22. The molecule has 2 rings (SSSR count). The van der Waals surface area contributed by atoms with Crippen molar-refractivity contribution in [3.8, 4) is 0 Å². The minimum absolute atomic E-state index is 0.269. The molecule has 1 fully saturated rings. The molecule has 2 heterocycles. The molecule has 22 heavy (non-hydrogen) atoms. The molecule has 5 nitrogen and oxygen atoms in total. The minimum atomic E-state index is -0.915. The number of pyridine rings is 1. The van der Waals surface area contributed by atoms with Crippen LogP contribution in [0.2, 0.25) is 0 Å². The average Bonchev–Trinajstić information content (AvgIpc) is 2.86. The monoisotopic (exact) mass is 324 g/mol. The van der Waals surface area contributed by atoms with Gasteiger partial charge in [-0.25, -0.2) is 4.79 Å². The first-order chi connectivity index (χ1) is 10.3. The van der Waals surface area contributed by atoms with E-state index in [2.05, 4.69) is 4.98 Å².